The Bertz CT molecular complexity index is 113. The second-order valence-electron chi connectivity index (χ2n) is 0.909. The zero-order chi connectivity index (χ0) is 4.41. The monoisotopic (exact) mass is 100.0 g/mol. The molecular formula is C3H3NOP+. The summed E-state index contributed by atoms with van der Waals surface area (Å²) in [6, 6.07) is 0. The molecule has 1 unspecified atom stereocenters. The number of nitrogens with zero attached hydrogens (tertiary/aromatic N) is 1. The first-order valence-electron chi connectivity index (χ1n) is 1.57. The SMILES string of the molecule is O=[P+]1C=CC=N1. The molecule has 1 rings (SSSR count). The second kappa shape index (κ2) is 1.31. The fourth-order valence-electron chi connectivity index (χ4n) is 0.255. The fourth-order valence-corrected chi connectivity index (χ4v) is 0.764. The van der Waals surface area contributed by atoms with Crippen molar-refractivity contribution in [2.45, 2.75) is 0 Å². The first-order valence-corrected chi connectivity index (χ1v) is 2.85. The largest absolute Gasteiger partial charge is 0.517 e. The van der Waals surface area contributed by atoms with Gasteiger partial charge in [-0.3, -0.25) is 0 Å². The molecule has 30 valence electrons. The van der Waals surface area contributed by atoms with Crippen molar-refractivity contribution in [2.75, 3.05) is 0 Å². The molecule has 0 saturated heterocycles. The van der Waals surface area contributed by atoms with E-state index in [1.54, 1.807) is 18.1 Å². The first-order chi connectivity index (χ1) is 2.89. The Hall–Kier alpha value is -0.490. The lowest BCUT2D eigenvalue weighted by molar-refractivity contribution is 0.594. The molecule has 0 aromatic carbocycles. The van der Waals surface area contributed by atoms with Crippen LogP contribution in [0.25, 0.3) is 0 Å². The van der Waals surface area contributed by atoms with Gasteiger partial charge in [0.2, 0.25) is 0 Å². The lowest BCUT2D eigenvalue weighted by Gasteiger charge is -1.42. The zero-order valence-electron chi connectivity index (χ0n) is 3.03. The topological polar surface area (TPSA) is 29.4 Å². The van der Waals surface area contributed by atoms with E-state index in [0.29, 0.717) is 0 Å². The minimum absolute atomic E-state index is 1.33. The summed E-state index contributed by atoms with van der Waals surface area (Å²) in [6.07, 6.45) is 3.22. The van der Waals surface area contributed by atoms with E-state index in [1.807, 2.05) is 0 Å². The average Bonchev–Trinajstić information content (AvgIpc) is 1.86. The van der Waals surface area contributed by atoms with Crippen molar-refractivity contribution in [3.63, 3.8) is 0 Å². The second-order valence-corrected chi connectivity index (χ2v) is 2.04. The standard InChI is InChI=1S/C3H3NOP/c5-6-3-1-2-4-6/h1-3H/q+1. The van der Waals surface area contributed by atoms with E-state index in [9.17, 15) is 4.57 Å². The van der Waals surface area contributed by atoms with E-state index in [4.69, 9.17) is 0 Å². The average molecular weight is 100 g/mol. The Morgan fingerprint density at radius 3 is 2.67 bits per heavy atom. The summed E-state index contributed by atoms with van der Waals surface area (Å²) >= 11 is 0. The van der Waals surface area contributed by atoms with Crippen LogP contribution in [0.3, 0.4) is 0 Å². The normalized spacial score (nSPS) is 23.0. The van der Waals surface area contributed by atoms with Crippen LogP contribution in [-0.2, 0) is 4.57 Å². The van der Waals surface area contributed by atoms with Crippen LogP contribution in [0.4, 0.5) is 0 Å². The molecule has 1 aliphatic rings. The van der Waals surface area contributed by atoms with Gasteiger partial charge in [-0.2, -0.15) is 0 Å². The molecular weight excluding hydrogens is 97.0 g/mol. The maximum absolute atomic E-state index is 10.1. The van der Waals surface area contributed by atoms with Gasteiger partial charge >= 0.3 is 7.95 Å². The number of rotatable bonds is 0. The quantitative estimate of drug-likeness (QED) is 0.422. The van der Waals surface area contributed by atoms with Gasteiger partial charge in [-0.05, 0) is 9.33 Å². The smallest absolute Gasteiger partial charge is 0.0351 e. The molecule has 0 amide bonds. The molecule has 6 heavy (non-hydrogen) atoms. The molecule has 0 aliphatic carbocycles. The zero-order valence-corrected chi connectivity index (χ0v) is 3.93. The summed E-state index contributed by atoms with van der Waals surface area (Å²) in [5.74, 6) is 1.56. The van der Waals surface area contributed by atoms with E-state index >= 15 is 0 Å². The molecule has 1 atom stereocenters. The maximum Gasteiger partial charge on any atom is 0.517 e. The number of hydrogen-bond donors (Lipinski definition) is 0. The predicted octanol–water partition coefficient (Wildman–Crippen LogP) is 1.33. The number of allylic oxidation sites excluding steroid dienone is 1. The van der Waals surface area contributed by atoms with Gasteiger partial charge in [-0.1, -0.05) is 0 Å². The minimum Gasteiger partial charge on any atom is -0.0351 e. The van der Waals surface area contributed by atoms with Gasteiger partial charge in [0.05, 0.1) is 6.21 Å². The molecule has 0 radical (unpaired) electrons. The lowest BCUT2D eigenvalue weighted by Crippen LogP contribution is -1.41. The van der Waals surface area contributed by atoms with Gasteiger partial charge in [0.25, 0.3) is 0 Å². The van der Waals surface area contributed by atoms with Crippen LogP contribution >= 0.6 is 7.95 Å². The Balaban J connectivity index is 2.86. The highest BCUT2D eigenvalue weighted by Crippen LogP contribution is 2.25. The van der Waals surface area contributed by atoms with Crippen molar-refractivity contribution in [3.8, 4) is 0 Å². The van der Waals surface area contributed by atoms with Crippen LogP contribution in [0.15, 0.2) is 16.7 Å². The van der Waals surface area contributed by atoms with Crippen LogP contribution in [0.5, 0.6) is 0 Å². The van der Waals surface area contributed by atoms with E-state index in [1.165, 1.54) is 0 Å². The Kier molecular flexibility index (Phi) is 0.807. The summed E-state index contributed by atoms with van der Waals surface area (Å²) in [5.41, 5.74) is 0. The molecule has 3 heteroatoms. The maximum atomic E-state index is 10.1. The molecule has 0 spiro atoms. The third-order valence-electron chi connectivity index (χ3n) is 0.480. The Morgan fingerprint density at radius 1 is 1.67 bits per heavy atom. The van der Waals surface area contributed by atoms with Crippen LogP contribution in [0.2, 0.25) is 0 Å². The van der Waals surface area contributed by atoms with E-state index in [2.05, 4.69) is 4.76 Å². The van der Waals surface area contributed by atoms with Crippen LogP contribution in [0, 0.1) is 0 Å². The molecule has 0 bridgehead atoms. The van der Waals surface area contributed by atoms with Gasteiger partial charge in [-0.25, -0.2) is 0 Å². The molecule has 0 saturated carbocycles. The summed E-state index contributed by atoms with van der Waals surface area (Å²) in [4.78, 5) is 0. The van der Waals surface area contributed by atoms with Gasteiger partial charge in [0.15, 0.2) is 5.82 Å². The summed E-state index contributed by atoms with van der Waals surface area (Å²) in [7, 11) is -1.33. The first kappa shape index (κ1) is 3.69. The lowest BCUT2D eigenvalue weighted by atomic mass is 10.7. The van der Waals surface area contributed by atoms with Crippen molar-refractivity contribution in [2.24, 2.45) is 4.76 Å². The van der Waals surface area contributed by atoms with Crippen molar-refractivity contribution in [3.05, 3.63) is 11.9 Å². The van der Waals surface area contributed by atoms with E-state index in [0.717, 1.165) is 0 Å². The van der Waals surface area contributed by atoms with Crippen LogP contribution in [-0.4, -0.2) is 6.21 Å². The molecule has 0 N–H and O–H groups in total. The molecule has 1 aliphatic heterocycles. The predicted molar refractivity (Wildman–Crippen MR) is 25.2 cm³/mol. The highest BCUT2D eigenvalue weighted by atomic mass is 31.1. The molecule has 2 nitrogen and oxygen atoms in total. The van der Waals surface area contributed by atoms with Gasteiger partial charge < -0.3 is 0 Å². The van der Waals surface area contributed by atoms with Gasteiger partial charge in [0.1, 0.15) is 0 Å². The van der Waals surface area contributed by atoms with Crippen molar-refractivity contribution in [1.29, 1.82) is 0 Å². The molecule has 1 heterocycles. The summed E-state index contributed by atoms with van der Waals surface area (Å²) < 4.78 is 13.6. The third kappa shape index (κ3) is 0.522. The molecule has 0 aromatic heterocycles. The van der Waals surface area contributed by atoms with Gasteiger partial charge in [0, 0.05) is 6.08 Å². The van der Waals surface area contributed by atoms with Crippen molar-refractivity contribution >= 4 is 14.2 Å². The Morgan fingerprint density at radius 2 is 2.50 bits per heavy atom. The third-order valence-corrected chi connectivity index (χ3v) is 1.27. The highest BCUT2D eigenvalue weighted by Gasteiger charge is 2.08. The summed E-state index contributed by atoms with van der Waals surface area (Å²) in [5, 5.41) is 0. The minimum atomic E-state index is -1.33. The van der Waals surface area contributed by atoms with Crippen LogP contribution < -0.4 is 0 Å². The summed E-state index contributed by atoms with van der Waals surface area (Å²) in [6.45, 7) is 0. The van der Waals surface area contributed by atoms with Crippen molar-refractivity contribution in [1.82, 2.24) is 0 Å². The van der Waals surface area contributed by atoms with Crippen molar-refractivity contribution < 1.29 is 4.57 Å². The van der Waals surface area contributed by atoms with E-state index in [-0.39, 0.29) is 0 Å². The highest BCUT2D eigenvalue weighted by molar-refractivity contribution is 7.47. The van der Waals surface area contributed by atoms with Gasteiger partial charge in [-0.15, -0.1) is 0 Å². The number of hydrogen-bond acceptors (Lipinski definition) is 1. The molecule has 0 fully saturated rings. The van der Waals surface area contributed by atoms with Crippen LogP contribution in [0.1, 0.15) is 0 Å². The molecule has 0 aromatic rings. The Labute approximate surface area is 36.4 Å². The van der Waals surface area contributed by atoms with E-state index < -0.39 is 7.95 Å². The fraction of sp³-hybridized carbons (Fsp3) is 0.